The van der Waals surface area contributed by atoms with E-state index in [1.54, 1.807) is 19.2 Å². The van der Waals surface area contributed by atoms with Gasteiger partial charge in [0.2, 0.25) is 5.91 Å². The predicted octanol–water partition coefficient (Wildman–Crippen LogP) is 4.54. The molecule has 1 aromatic heterocycles. The molecule has 5 nitrogen and oxygen atoms in total. The van der Waals surface area contributed by atoms with Crippen LogP contribution in [0.25, 0.3) is 11.3 Å². The monoisotopic (exact) mass is 385 g/mol. The number of carbonyl (C=O) groups excluding carboxylic acids is 1. The lowest BCUT2D eigenvalue weighted by molar-refractivity contribution is -0.113. The van der Waals surface area contributed by atoms with Gasteiger partial charge in [-0.3, -0.25) is 4.79 Å². The van der Waals surface area contributed by atoms with E-state index in [-0.39, 0.29) is 11.7 Å². The molecule has 0 atom stereocenters. The molecule has 0 fully saturated rings. The van der Waals surface area contributed by atoms with Crippen LogP contribution < -0.4 is 10.1 Å². The lowest BCUT2D eigenvalue weighted by Crippen LogP contribution is -2.14. The van der Waals surface area contributed by atoms with Crippen LogP contribution in [-0.2, 0) is 4.79 Å². The summed E-state index contributed by atoms with van der Waals surface area (Å²) in [5.74, 6) is 0.716. The molecule has 1 heterocycles. The summed E-state index contributed by atoms with van der Waals surface area (Å²) in [5, 5.41) is 12.6. The maximum atomic E-state index is 12.1. The number of hydrogen-bond donors (Lipinski definition) is 1. The molecule has 0 aliphatic heterocycles. The van der Waals surface area contributed by atoms with Gasteiger partial charge in [-0.05, 0) is 36.4 Å². The zero-order valence-electron chi connectivity index (χ0n) is 14.0. The van der Waals surface area contributed by atoms with Crippen molar-refractivity contribution in [2.45, 2.75) is 5.03 Å². The van der Waals surface area contributed by atoms with E-state index < -0.39 is 0 Å². The van der Waals surface area contributed by atoms with E-state index in [0.29, 0.717) is 21.5 Å². The number of para-hydroxylation sites is 2. The van der Waals surface area contributed by atoms with Crippen molar-refractivity contribution in [2.75, 3.05) is 18.2 Å². The molecule has 1 amide bonds. The van der Waals surface area contributed by atoms with Crippen LogP contribution in [0.4, 0.5) is 5.69 Å². The van der Waals surface area contributed by atoms with Crippen LogP contribution in [0.5, 0.6) is 5.75 Å². The Hall–Kier alpha value is -2.57. The van der Waals surface area contributed by atoms with Crippen molar-refractivity contribution in [1.29, 1.82) is 0 Å². The van der Waals surface area contributed by atoms with Gasteiger partial charge in [0, 0.05) is 10.6 Å². The van der Waals surface area contributed by atoms with Gasteiger partial charge < -0.3 is 10.1 Å². The molecule has 7 heteroatoms. The number of hydrogen-bond acceptors (Lipinski definition) is 5. The summed E-state index contributed by atoms with van der Waals surface area (Å²) in [5.41, 5.74) is 2.33. The quantitative estimate of drug-likeness (QED) is 0.631. The number of ether oxygens (including phenoxy) is 1. The third kappa shape index (κ3) is 4.74. The average molecular weight is 386 g/mol. The van der Waals surface area contributed by atoms with Crippen molar-refractivity contribution >= 4 is 35.0 Å². The Bertz CT molecular complexity index is 886. The van der Waals surface area contributed by atoms with E-state index >= 15 is 0 Å². The summed E-state index contributed by atoms with van der Waals surface area (Å²) in [6.07, 6.45) is 0. The number of carbonyl (C=O) groups is 1. The first kappa shape index (κ1) is 18.2. The maximum absolute atomic E-state index is 12.1. The van der Waals surface area contributed by atoms with Crippen LogP contribution in [-0.4, -0.2) is 29.0 Å². The number of amides is 1. The zero-order chi connectivity index (χ0) is 18.4. The van der Waals surface area contributed by atoms with Crippen LogP contribution >= 0.6 is 23.4 Å². The first-order chi connectivity index (χ1) is 12.7. The smallest absolute Gasteiger partial charge is 0.234 e. The number of nitrogens with zero attached hydrogens (tertiary/aromatic N) is 2. The lowest BCUT2D eigenvalue weighted by Gasteiger charge is -2.09. The second kappa shape index (κ2) is 8.69. The molecule has 3 rings (SSSR count). The molecule has 2 aromatic carbocycles. The molecule has 0 aliphatic carbocycles. The number of aromatic nitrogens is 2. The fourth-order valence-corrected chi connectivity index (χ4v) is 2.99. The Kier molecular flexibility index (Phi) is 6.09. The van der Waals surface area contributed by atoms with E-state index in [1.165, 1.54) is 11.8 Å². The average Bonchev–Trinajstić information content (AvgIpc) is 2.68. The molecule has 0 aliphatic rings. The molecule has 132 valence electrons. The number of anilines is 1. The number of rotatable bonds is 6. The van der Waals surface area contributed by atoms with Crippen molar-refractivity contribution in [2.24, 2.45) is 0 Å². The SMILES string of the molecule is COc1ccccc1NC(=O)CSc1ccc(-c2ccc(Cl)cc2)nn1. The number of methoxy groups -OCH3 is 1. The van der Waals surface area contributed by atoms with Gasteiger partial charge in [-0.25, -0.2) is 0 Å². The van der Waals surface area contributed by atoms with Gasteiger partial charge >= 0.3 is 0 Å². The van der Waals surface area contributed by atoms with Gasteiger partial charge in [-0.1, -0.05) is 47.6 Å². The van der Waals surface area contributed by atoms with Crippen LogP contribution in [0.2, 0.25) is 5.02 Å². The predicted molar refractivity (Wildman–Crippen MR) is 105 cm³/mol. The van der Waals surface area contributed by atoms with Gasteiger partial charge in [0.25, 0.3) is 0 Å². The Morgan fingerprint density at radius 3 is 2.54 bits per heavy atom. The first-order valence-corrected chi connectivity index (χ1v) is 9.17. The number of benzene rings is 2. The minimum Gasteiger partial charge on any atom is -0.495 e. The molecule has 0 radical (unpaired) electrons. The third-order valence-electron chi connectivity index (χ3n) is 3.51. The topological polar surface area (TPSA) is 64.1 Å². The second-order valence-corrected chi connectivity index (χ2v) is 6.73. The van der Waals surface area contributed by atoms with E-state index in [9.17, 15) is 4.79 Å². The summed E-state index contributed by atoms with van der Waals surface area (Å²) in [4.78, 5) is 12.1. The van der Waals surface area contributed by atoms with Gasteiger partial charge in [0.1, 0.15) is 10.8 Å². The highest BCUT2D eigenvalue weighted by molar-refractivity contribution is 7.99. The molecule has 1 N–H and O–H groups in total. The van der Waals surface area contributed by atoms with Crippen LogP contribution in [0.3, 0.4) is 0 Å². The summed E-state index contributed by atoms with van der Waals surface area (Å²) < 4.78 is 5.22. The van der Waals surface area contributed by atoms with Crippen LogP contribution in [0.15, 0.2) is 65.7 Å². The van der Waals surface area contributed by atoms with Gasteiger partial charge in [0.05, 0.1) is 24.2 Å². The van der Waals surface area contributed by atoms with E-state index in [1.807, 2.05) is 48.5 Å². The molecule has 3 aromatic rings. The Morgan fingerprint density at radius 2 is 1.85 bits per heavy atom. The molecular formula is C19H16ClN3O2S. The van der Waals surface area contributed by atoms with Gasteiger partial charge in [-0.2, -0.15) is 0 Å². The summed E-state index contributed by atoms with van der Waals surface area (Å²) in [7, 11) is 1.57. The molecule has 26 heavy (non-hydrogen) atoms. The Labute approximate surface area is 160 Å². The van der Waals surface area contributed by atoms with Gasteiger partial charge in [0.15, 0.2) is 0 Å². The Morgan fingerprint density at radius 1 is 1.08 bits per heavy atom. The summed E-state index contributed by atoms with van der Waals surface area (Å²) >= 11 is 7.21. The standard InChI is InChI=1S/C19H16ClN3O2S/c1-25-17-5-3-2-4-16(17)21-18(24)12-26-19-11-10-15(22-23-19)13-6-8-14(20)9-7-13/h2-11H,12H2,1H3,(H,21,24). The molecule has 0 spiro atoms. The molecular weight excluding hydrogens is 370 g/mol. The van der Waals surface area contributed by atoms with Crippen LogP contribution in [0, 0.1) is 0 Å². The summed E-state index contributed by atoms with van der Waals surface area (Å²) in [6.45, 7) is 0. The molecule has 0 unspecified atom stereocenters. The highest BCUT2D eigenvalue weighted by Crippen LogP contribution is 2.24. The third-order valence-corrected chi connectivity index (χ3v) is 4.68. The molecule has 0 saturated heterocycles. The van der Waals surface area contributed by atoms with Crippen molar-refractivity contribution in [3.8, 4) is 17.0 Å². The zero-order valence-corrected chi connectivity index (χ0v) is 15.6. The van der Waals surface area contributed by atoms with Crippen molar-refractivity contribution in [1.82, 2.24) is 10.2 Å². The number of halogens is 1. The van der Waals surface area contributed by atoms with Crippen molar-refractivity contribution in [3.63, 3.8) is 0 Å². The summed E-state index contributed by atoms with van der Waals surface area (Å²) in [6, 6.07) is 18.4. The van der Waals surface area contributed by atoms with Crippen molar-refractivity contribution < 1.29 is 9.53 Å². The minimum atomic E-state index is -0.136. The van der Waals surface area contributed by atoms with E-state index in [4.69, 9.17) is 16.3 Å². The Balaban J connectivity index is 1.57. The molecule has 0 saturated carbocycles. The van der Waals surface area contributed by atoms with E-state index in [0.717, 1.165) is 11.3 Å². The fraction of sp³-hybridized carbons (Fsp3) is 0.105. The fourth-order valence-electron chi connectivity index (χ4n) is 2.25. The maximum Gasteiger partial charge on any atom is 0.234 e. The number of thioether (sulfide) groups is 1. The number of nitrogens with one attached hydrogen (secondary N) is 1. The van der Waals surface area contributed by atoms with Crippen molar-refractivity contribution in [3.05, 3.63) is 65.7 Å². The van der Waals surface area contributed by atoms with Gasteiger partial charge in [-0.15, -0.1) is 10.2 Å². The normalized spacial score (nSPS) is 10.4. The highest BCUT2D eigenvalue weighted by atomic mass is 35.5. The lowest BCUT2D eigenvalue weighted by atomic mass is 10.1. The molecule has 0 bridgehead atoms. The largest absolute Gasteiger partial charge is 0.495 e. The van der Waals surface area contributed by atoms with E-state index in [2.05, 4.69) is 15.5 Å². The second-order valence-electron chi connectivity index (χ2n) is 5.30. The highest BCUT2D eigenvalue weighted by Gasteiger charge is 2.09. The first-order valence-electron chi connectivity index (χ1n) is 7.81. The van der Waals surface area contributed by atoms with Crippen LogP contribution in [0.1, 0.15) is 0 Å². The minimum absolute atomic E-state index is 0.136.